The molecule has 0 heterocycles. The first-order valence-corrected chi connectivity index (χ1v) is 8.52. The summed E-state index contributed by atoms with van der Waals surface area (Å²) in [7, 11) is 0. The first kappa shape index (κ1) is 17.0. The second-order valence-electron chi connectivity index (χ2n) is 4.60. The number of benzene rings is 2. The van der Waals surface area contributed by atoms with Crippen molar-refractivity contribution in [3.05, 3.63) is 62.0 Å². The van der Waals surface area contributed by atoms with Gasteiger partial charge in [0.1, 0.15) is 5.75 Å². The van der Waals surface area contributed by atoms with Crippen LogP contribution in [0.5, 0.6) is 5.75 Å². The Bertz CT molecular complexity index is 611. The molecule has 2 aromatic rings. The Morgan fingerprint density at radius 1 is 1.05 bits per heavy atom. The van der Waals surface area contributed by atoms with Gasteiger partial charge in [-0.15, -0.1) is 11.6 Å². The molecule has 0 aliphatic heterocycles. The summed E-state index contributed by atoms with van der Waals surface area (Å²) >= 11 is 22.1. The number of rotatable bonds is 5. The number of halogens is 4. The first-order chi connectivity index (χ1) is 10.0. The van der Waals surface area contributed by atoms with Crippen LogP contribution in [0.25, 0.3) is 0 Å². The molecule has 5 heteroatoms. The molecule has 0 bridgehead atoms. The number of hydrogen-bond donors (Lipinski definition) is 0. The molecule has 0 aliphatic rings. The monoisotopic (exact) mass is 406 g/mol. The fourth-order valence-electron chi connectivity index (χ4n) is 1.92. The molecule has 112 valence electrons. The highest BCUT2D eigenvalue weighted by atomic mass is 79.9. The molecule has 1 nitrogen and oxygen atoms in total. The van der Waals surface area contributed by atoms with E-state index >= 15 is 0 Å². The van der Waals surface area contributed by atoms with E-state index in [4.69, 9.17) is 39.5 Å². The largest absolute Gasteiger partial charge is 0.492 e. The molecule has 0 aliphatic carbocycles. The molecular weight excluding hydrogens is 394 g/mol. The van der Waals surface area contributed by atoms with Crippen molar-refractivity contribution in [3.8, 4) is 5.75 Å². The Morgan fingerprint density at radius 2 is 1.71 bits per heavy atom. The van der Waals surface area contributed by atoms with E-state index in [9.17, 15) is 0 Å². The highest BCUT2D eigenvalue weighted by Gasteiger charge is 2.14. The number of alkyl halides is 1. The van der Waals surface area contributed by atoms with Crippen LogP contribution in [0, 0.1) is 0 Å². The third-order valence-electron chi connectivity index (χ3n) is 2.89. The van der Waals surface area contributed by atoms with Crippen molar-refractivity contribution >= 4 is 50.7 Å². The van der Waals surface area contributed by atoms with E-state index in [1.165, 1.54) is 0 Å². The van der Waals surface area contributed by atoms with Gasteiger partial charge in [0.15, 0.2) is 0 Å². The highest BCUT2D eigenvalue weighted by molar-refractivity contribution is 9.10. The van der Waals surface area contributed by atoms with Gasteiger partial charge in [-0.25, -0.2) is 0 Å². The Kier molecular flexibility index (Phi) is 6.24. The standard InChI is InChI=1S/C16H14BrCl3O/c1-2-5-21-15-4-3-10(8-14(15)17)16(20)11-6-12(18)9-13(19)7-11/h3-4,6-9,16H,2,5H2,1H3. The van der Waals surface area contributed by atoms with Crippen LogP contribution < -0.4 is 4.74 Å². The van der Waals surface area contributed by atoms with Crippen LogP contribution in [0.3, 0.4) is 0 Å². The molecular formula is C16H14BrCl3O. The van der Waals surface area contributed by atoms with Crippen molar-refractivity contribution in [1.82, 2.24) is 0 Å². The Labute approximate surface area is 148 Å². The average Bonchev–Trinajstić information content (AvgIpc) is 2.44. The molecule has 2 rings (SSSR count). The van der Waals surface area contributed by atoms with Crippen LogP contribution in [0.1, 0.15) is 29.8 Å². The Morgan fingerprint density at radius 3 is 2.29 bits per heavy atom. The third-order valence-corrected chi connectivity index (χ3v) is 4.45. The van der Waals surface area contributed by atoms with Gasteiger partial charge in [0, 0.05) is 10.0 Å². The fraction of sp³-hybridized carbons (Fsp3) is 0.250. The summed E-state index contributed by atoms with van der Waals surface area (Å²) in [5, 5.41) is 0.827. The quantitative estimate of drug-likeness (QED) is 0.490. The fourth-order valence-corrected chi connectivity index (χ4v) is 3.23. The number of ether oxygens (including phenoxy) is 1. The predicted octanol–water partition coefficient (Wildman–Crippen LogP) is 6.87. The van der Waals surface area contributed by atoms with Crippen molar-refractivity contribution in [3.63, 3.8) is 0 Å². The van der Waals surface area contributed by atoms with E-state index in [1.807, 2.05) is 30.3 Å². The van der Waals surface area contributed by atoms with Gasteiger partial charge in [-0.3, -0.25) is 0 Å². The molecule has 0 saturated carbocycles. The highest BCUT2D eigenvalue weighted by Crippen LogP contribution is 2.36. The topological polar surface area (TPSA) is 9.23 Å². The van der Waals surface area contributed by atoms with E-state index in [1.54, 1.807) is 6.07 Å². The van der Waals surface area contributed by atoms with Crippen molar-refractivity contribution < 1.29 is 4.74 Å². The average molecular weight is 409 g/mol. The normalized spacial score (nSPS) is 12.2. The van der Waals surface area contributed by atoms with E-state index in [2.05, 4.69) is 22.9 Å². The first-order valence-electron chi connectivity index (χ1n) is 6.53. The van der Waals surface area contributed by atoms with Gasteiger partial charge >= 0.3 is 0 Å². The van der Waals surface area contributed by atoms with Crippen LogP contribution in [0.4, 0.5) is 0 Å². The summed E-state index contributed by atoms with van der Waals surface area (Å²) in [5.41, 5.74) is 1.81. The Hall–Kier alpha value is -0.410. The number of hydrogen-bond acceptors (Lipinski definition) is 1. The van der Waals surface area contributed by atoms with E-state index in [0.717, 1.165) is 27.8 Å². The lowest BCUT2D eigenvalue weighted by molar-refractivity contribution is 0.315. The maximum atomic E-state index is 6.53. The minimum absolute atomic E-state index is 0.322. The van der Waals surface area contributed by atoms with Gasteiger partial charge in [0.25, 0.3) is 0 Å². The summed E-state index contributed by atoms with van der Waals surface area (Å²) in [6.45, 7) is 2.76. The zero-order valence-corrected chi connectivity index (χ0v) is 15.2. The molecule has 0 radical (unpaired) electrons. The van der Waals surface area contributed by atoms with Gasteiger partial charge in [0.05, 0.1) is 16.5 Å². The molecule has 0 fully saturated rings. The Balaban J connectivity index is 2.26. The minimum atomic E-state index is -0.322. The van der Waals surface area contributed by atoms with Crippen molar-refractivity contribution in [1.29, 1.82) is 0 Å². The van der Waals surface area contributed by atoms with Crippen molar-refractivity contribution in [2.45, 2.75) is 18.7 Å². The molecule has 2 aromatic carbocycles. The molecule has 0 N–H and O–H groups in total. The van der Waals surface area contributed by atoms with Gasteiger partial charge in [-0.1, -0.05) is 36.2 Å². The SMILES string of the molecule is CCCOc1ccc(C(Cl)c2cc(Cl)cc(Cl)c2)cc1Br. The van der Waals surface area contributed by atoms with E-state index in [0.29, 0.717) is 16.7 Å². The predicted molar refractivity (Wildman–Crippen MR) is 94.1 cm³/mol. The van der Waals surface area contributed by atoms with Crippen LogP contribution in [0.2, 0.25) is 10.0 Å². The summed E-state index contributed by atoms with van der Waals surface area (Å²) in [6.07, 6.45) is 0.966. The molecule has 1 unspecified atom stereocenters. The zero-order valence-electron chi connectivity index (χ0n) is 11.4. The zero-order chi connectivity index (χ0) is 15.4. The lowest BCUT2D eigenvalue weighted by Gasteiger charge is -2.14. The summed E-state index contributed by atoms with van der Waals surface area (Å²) in [5.74, 6) is 0.814. The van der Waals surface area contributed by atoms with Crippen molar-refractivity contribution in [2.75, 3.05) is 6.61 Å². The van der Waals surface area contributed by atoms with Crippen LogP contribution in [0.15, 0.2) is 40.9 Å². The maximum Gasteiger partial charge on any atom is 0.133 e. The molecule has 0 amide bonds. The van der Waals surface area contributed by atoms with Crippen LogP contribution in [-0.2, 0) is 0 Å². The summed E-state index contributed by atoms with van der Waals surface area (Å²) in [6, 6.07) is 11.1. The summed E-state index contributed by atoms with van der Waals surface area (Å²) < 4.78 is 6.51. The van der Waals surface area contributed by atoms with Gasteiger partial charge < -0.3 is 4.74 Å². The van der Waals surface area contributed by atoms with Crippen molar-refractivity contribution in [2.24, 2.45) is 0 Å². The van der Waals surface area contributed by atoms with E-state index < -0.39 is 0 Å². The molecule has 21 heavy (non-hydrogen) atoms. The van der Waals surface area contributed by atoms with Gasteiger partial charge in [0.2, 0.25) is 0 Å². The van der Waals surface area contributed by atoms with Gasteiger partial charge in [-0.05, 0) is 63.8 Å². The second-order valence-corrected chi connectivity index (χ2v) is 6.77. The molecule has 1 atom stereocenters. The maximum absolute atomic E-state index is 6.53. The molecule has 0 aromatic heterocycles. The molecule has 0 spiro atoms. The third kappa shape index (κ3) is 4.53. The van der Waals surface area contributed by atoms with Crippen LogP contribution in [-0.4, -0.2) is 6.61 Å². The smallest absolute Gasteiger partial charge is 0.133 e. The lowest BCUT2D eigenvalue weighted by atomic mass is 10.0. The molecule has 0 saturated heterocycles. The van der Waals surface area contributed by atoms with Crippen LogP contribution >= 0.6 is 50.7 Å². The summed E-state index contributed by atoms with van der Waals surface area (Å²) in [4.78, 5) is 0. The van der Waals surface area contributed by atoms with Gasteiger partial charge in [-0.2, -0.15) is 0 Å². The lowest BCUT2D eigenvalue weighted by Crippen LogP contribution is -1.98. The minimum Gasteiger partial charge on any atom is -0.492 e. The second kappa shape index (κ2) is 7.73. The van der Waals surface area contributed by atoms with E-state index in [-0.39, 0.29) is 5.38 Å².